The molecule has 0 fully saturated rings. The Hall–Kier alpha value is 0.207. The van der Waals surface area contributed by atoms with Crippen molar-refractivity contribution in [1.29, 1.82) is 0 Å². The summed E-state index contributed by atoms with van der Waals surface area (Å²) in [6.07, 6.45) is 2.01. The zero-order chi connectivity index (χ0) is 11.4. The van der Waals surface area contributed by atoms with E-state index < -0.39 is 8.32 Å². The predicted molar refractivity (Wildman–Crippen MR) is 67.6 cm³/mol. The summed E-state index contributed by atoms with van der Waals surface area (Å²) in [5, 5.41) is 0.286. The van der Waals surface area contributed by atoms with Crippen molar-refractivity contribution in [2.24, 2.45) is 0 Å². The first kappa shape index (κ1) is 14.2. The molecule has 1 nitrogen and oxygen atoms in total. The molecule has 0 aromatic rings. The van der Waals surface area contributed by atoms with E-state index in [1.165, 1.54) is 5.57 Å². The average Bonchev–Trinajstić information content (AvgIpc) is 1.99. The van der Waals surface area contributed by atoms with Crippen molar-refractivity contribution in [3.8, 4) is 0 Å². The highest BCUT2D eigenvalue weighted by Crippen LogP contribution is 2.36. The van der Waals surface area contributed by atoms with Crippen molar-refractivity contribution >= 4 is 19.9 Å². The maximum Gasteiger partial charge on any atom is 0.192 e. The summed E-state index contributed by atoms with van der Waals surface area (Å²) < 4.78 is 6.02. The van der Waals surface area contributed by atoms with E-state index in [1.807, 2.05) is 6.08 Å². The third-order valence-electron chi connectivity index (χ3n) is 2.89. The summed E-state index contributed by atoms with van der Waals surface area (Å²) >= 11 is 5.62. The van der Waals surface area contributed by atoms with E-state index in [1.54, 1.807) is 0 Å². The van der Waals surface area contributed by atoms with Gasteiger partial charge in [0.25, 0.3) is 0 Å². The van der Waals surface area contributed by atoms with Gasteiger partial charge >= 0.3 is 0 Å². The maximum atomic E-state index is 6.02. The lowest BCUT2D eigenvalue weighted by atomic mass is 10.2. The Kier molecular flexibility index (Phi) is 5.41. The molecular weight excluding hydrogens is 212 g/mol. The van der Waals surface area contributed by atoms with Crippen LogP contribution in [0.3, 0.4) is 0 Å². The summed E-state index contributed by atoms with van der Waals surface area (Å²) in [5.74, 6) is 0.576. The smallest absolute Gasteiger partial charge is 0.192 e. The minimum atomic E-state index is -1.58. The van der Waals surface area contributed by atoms with Gasteiger partial charge in [-0.05, 0) is 25.1 Å². The van der Waals surface area contributed by atoms with Gasteiger partial charge in [0.2, 0.25) is 0 Å². The van der Waals surface area contributed by atoms with Gasteiger partial charge in [-0.15, -0.1) is 11.6 Å². The Bertz CT molecular complexity index is 204. The Morgan fingerprint density at radius 1 is 1.36 bits per heavy atom. The van der Waals surface area contributed by atoms with Crippen LogP contribution in [0, 0.1) is 0 Å². The number of alkyl halides is 1. The summed E-state index contributed by atoms with van der Waals surface area (Å²) in [6, 6.07) is 0. The van der Waals surface area contributed by atoms with Crippen LogP contribution in [0.5, 0.6) is 0 Å². The first-order valence-electron chi connectivity index (χ1n) is 5.06. The quantitative estimate of drug-likeness (QED) is 0.403. The van der Waals surface area contributed by atoms with Gasteiger partial charge in [0.15, 0.2) is 8.32 Å². The summed E-state index contributed by atoms with van der Waals surface area (Å²) in [6.45, 7) is 14.1. The SMILES string of the molecule is C/C(=C\CCl)CO[Si](C)(C)C(C)(C)C. The molecule has 0 aliphatic carbocycles. The van der Waals surface area contributed by atoms with Crippen molar-refractivity contribution in [1.82, 2.24) is 0 Å². The molecule has 0 aliphatic heterocycles. The van der Waals surface area contributed by atoms with Crippen LogP contribution < -0.4 is 0 Å². The molecule has 0 aliphatic rings. The molecule has 0 spiro atoms. The number of hydrogen-bond acceptors (Lipinski definition) is 1. The molecule has 0 N–H and O–H groups in total. The largest absolute Gasteiger partial charge is 0.413 e. The summed E-state index contributed by atoms with van der Waals surface area (Å²) in [5.41, 5.74) is 1.23. The second-order valence-corrected chi connectivity index (χ2v) is 10.4. The zero-order valence-electron chi connectivity index (χ0n) is 10.3. The van der Waals surface area contributed by atoms with E-state index in [9.17, 15) is 0 Å². The van der Waals surface area contributed by atoms with E-state index >= 15 is 0 Å². The lowest BCUT2D eigenvalue weighted by Gasteiger charge is -2.36. The molecule has 0 unspecified atom stereocenters. The van der Waals surface area contributed by atoms with Crippen LogP contribution >= 0.6 is 11.6 Å². The van der Waals surface area contributed by atoms with Crippen molar-refractivity contribution in [3.05, 3.63) is 11.6 Å². The topological polar surface area (TPSA) is 9.23 Å². The van der Waals surface area contributed by atoms with Crippen molar-refractivity contribution in [2.75, 3.05) is 12.5 Å². The molecule has 3 heteroatoms. The first-order valence-corrected chi connectivity index (χ1v) is 8.50. The van der Waals surface area contributed by atoms with Crippen molar-refractivity contribution in [3.63, 3.8) is 0 Å². The Morgan fingerprint density at radius 3 is 2.21 bits per heavy atom. The van der Waals surface area contributed by atoms with E-state index in [4.69, 9.17) is 16.0 Å². The Labute approximate surface area is 94.6 Å². The second-order valence-electron chi connectivity index (χ2n) is 5.25. The number of halogens is 1. The second kappa shape index (κ2) is 5.33. The number of hydrogen-bond donors (Lipinski definition) is 0. The fraction of sp³-hybridized carbons (Fsp3) is 0.818. The fourth-order valence-electron chi connectivity index (χ4n) is 0.701. The van der Waals surface area contributed by atoms with Crippen LogP contribution in [-0.4, -0.2) is 20.8 Å². The van der Waals surface area contributed by atoms with Crippen LogP contribution in [0.1, 0.15) is 27.7 Å². The predicted octanol–water partition coefficient (Wildman–Crippen LogP) is 4.19. The average molecular weight is 235 g/mol. The highest BCUT2D eigenvalue weighted by molar-refractivity contribution is 6.74. The molecule has 0 rings (SSSR count). The molecule has 0 heterocycles. The molecule has 0 aromatic heterocycles. The molecule has 0 atom stereocenters. The highest BCUT2D eigenvalue weighted by atomic mass is 35.5. The van der Waals surface area contributed by atoms with Gasteiger partial charge in [-0.25, -0.2) is 0 Å². The minimum Gasteiger partial charge on any atom is -0.413 e. The molecule has 84 valence electrons. The summed E-state index contributed by atoms with van der Waals surface area (Å²) in [7, 11) is -1.58. The van der Waals surface area contributed by atoms with Crippen LogP contribution in [0.15, 0.2) is 11.6 Å². The van der Waals surface area contributed by atoms with Gasteiger partial charge in [0, 0.05) is 5.88 Å². The molecule has 0 saturated carbocycles. The van der Waals surface area contributed by atoms with Gasteiger partial charge < -0.3 is 4.43 Å². The van der Waals surface area contributed by atoms with Gasteiger partial charge in [-0.3, -0.25) is 0 Å². The molecule has 0 amide bonds. The van der Waals surface area contributed by atoms with Crippen LogP contribution in [0.2, 0.25) is 18.1 Å². The minimum absolute atomic E-state index is 0.286. The van der Waals surface area contributed by atoms with Gasteiger partial charge in [-0.1, -0.05) is 32.4 Å². The zero-order valence-corrected chi connectivity index (χ0v) is 12.0. The normalized spacial score (nSPS) is 14.6. The van der Waals surface area contributed by atoms with E-state index in [0.29, 0.717) is 5.88 Å². The molecule has 0 aromatic carbocycles. The number of rotatable bonds is 4. The lowest BCUT2D eigenvalue weighted by Crippen LogP contribution is -2.41. The van der Waals surface area contributed by atoms with Crippen LogP contribution in [0.4, 0.5) is 0 Å². The third kappa shape index (κ3) is 4.62. The van der Waals surface area contributed by atoms with Crippen LogP contribution in [-0.2, 0) is 4.43 Å². The number of allylic oxidation sites excluding steroid dienone is 1. The molecule has 14 heavy (non-hydrogen) atoms. The first-order chi connectivity index (χ1) is 6.20. The van der Waals surface area contributed by atoms with Crippen LogP contribution in [0.25, 0.3) is 0 Å². The Morgan fingerprint density at radius 2 is 1.86 bits per heavy atom. The monoisotopic (exact) mass is 234 g/mol. The standard InChI is InChI=1S/C11H23ClOSi/c1-10(7-8-12)9-13-14(5,6)11(2,3)4/h7H,8-9H2,1-6H3/b10-7+. The van der Waals surface area contributed by atoms with Gasteiger partial charge in [0.05, 0.1) is 6.61 Å². The van der Waals surface area contributed by atoms with Gasteiger partial charge in [-0.2, -0.15) is 0 Å². The molecule has 0 saturated heterocycles. The fourth-order valence-corrected chi connectivity index (χ4v) is 1.99. The van der Waals surface area contributed by atoms with E-state index in [2.05, 4.69) is 40.8 Å². The highest BCUT2D eigenvalue weighted by Gasteiger charge is 2.36. The molecule has 0 radical (unpaired) electrons. The molecule has 0 bridgehead atoms. The third-order valence-corrected chi connectivity index (χ3v) is 7.53. The summed E-state index contributed by atoms with van der Waals surface area (Å²) in [4.78, 5) is 0. The van der Waals surface area contributed by atoms with E-state index in [-0.39, 0.29) is 5.04 Å². The van der Waals surface area contributed by atoms with E-state index in [0.717, 1.165) is 6.61 Å². The Balaban J connectivity index is 4.20. The van der Waals surface area contributed by atoms with Gasteiger partial charge in [0.1, 0.15) is 0 Å². The maximum absolute atomic E-state index is 6.02. The van der Waals surface area contributed by atoms with Crippen molar-refractivity contribution in [2.45, 2.75) is 45.8 Å². The lowest BCUT2D eigenvalue weighted by molar-refractivity contribution is 0.318. The molecular formula is C11H23ClOSi. The van der Waals surface area contributed by atoms with Crippen molar-refractivity contribution < 1.29 is 4.43 Å².